The van der Waals surface area contributed by atoms with Crippen LogP contribution in [0.25, 0.3) is 27.6 Å². The van der Waals surface area contributed by atoms with Gasteiger partial charge < -0.3 is 19.1 Å². The third-order valence-electron chi connectivity index (χ3n) is 13.9. The molecule has 0 N–H and O–H groups in total. The molecule has 1 aliphatic heterocycles. The molecule has 0 saturated heterocycles. The second kappa shape index (κ2) is 17.6. The van der Waals surface area contributed by atoms with Crippen LogP contribution >= 0.6 is 0 Å². The van der Waals surface area contributed by atoms with Crippen molar-refractivity contribution in [3.8, 4) is 17.3 Å². The minimum atomic E-state index is -0.228. The third kappa shape index (κ3) is 8.56. The van der Waals surface area contributed by atoms with Crippen molar-refractivity contribution in [2.45, 2.75) is 90.9 Å². The molecule has 346 valence electrons. The summed E-state index contributed by atoms with van der Waals surface area (Å²) in [5, 5.41) is 2.22. The van der Waals surface area contributed by atoms with Crippen LogP contribution in [0.2, 0.25) is 0 Å². The molecule has 3 heterocycles. The summed E-state index contributed by atoms with van der Waals surface area (Å²) < 4.78 is 8.94. The van der Waals surface area contributed by atoms with Crippen molar-refractivity contribution in [2.24, 2.45) is 0 Å². The van der Waals surface area contributed by atoms with E-state index in [0.717, 1.165) is 50.4 Å². The second-order valence-corrected chi connectivity index (χ2v) is 21.2. The SMILES string of the molecule is CC(C)(C)c1cc(N2[CH-]N(c3[c-]c(Oc4[c-]c5c(cc4)c4ccccc4n5-c4cc(C(C)(C)c5ccccc5)ccn4)ccc3)c3ccc(C(C)(C)c4ccccc4)cc32)cc(C(C)(C)C)c1.[Pt]. The van der Waals surface area contributed by atoms with Crippen LogP contribution in [0.4, 0.5) is 22.7 Å². The summed E-state index contributed by atoms with van der Waals surface area (Å²) in [6.07, 6.45) is 1.92. The molecule has 68 heavy (non-hydrogen) atoms. The van der Waals surface area contributed by atoms with Gasteiger partial charge in [-0.05, 0) is 92.1 Å². The first-order valence-corrected chi connectivity index (χ1v) is 23.4. The van der Waals surface area contributed by atoms with E-state index in [1.165, 1.54) is 33.4 Å². The number of hydrogen-bond donors (Lipinski definition) is 0. The molecular formula is C62H59N4OPt-3. The summed E-state index contributed by atoms with van der Waals surface area (Å²) >= 11 is 0. The summed E-state index contributed by atoms with van der Waals surface area (Å²) in [7, 11) is 0. The predicted molar refractivity (Wildman–Crippen MR) is 279 cm³/mol. The summed E-state index contributed by atoms with van der Waals surface area (Å²) in [4.78, 5) is 9.55. The maximum Gasteiger partial charge on any atom is 0.135 e. The maximum absolute atomic E-state index is 6.73. The molecule has 0 unspecified atom stereocenters. The van der Waals surface area contributed by atoms with Gasteiger partial charge in [0.25, 0.3) is 0 Å². The van der Waals surface area contributed by atoms with E-state index < -0.39 is 0 Å². The summed E-state index contributed by atoms with van der Waals surface area (Å²) in [5.74, 6) is 2.03. The molecule has 2 aromatic heterocycles. The van der Waals surface area contributed by atoms with Gasteiger partial charge in [-0.15, -0.1) is 48.1 Å². The summed E-state index contributed by atoms with van der Waals surface area (Å²) in [6.45, 7) is 25.1. The standard InChI is InChI=1S/C62H59N4O.Pt/c1-59(2,3)46-34-47(60(4,5)6)36-49(35-46)65-41-64(55-31-28-44(37-57(55)65)61(7,8)42-20-13-11-14-21-42)48-24-19-25-50(39-48)67-51-29-30-53-52-26-17-18-27-54(52)66(56(53)40-51)58-38-45(32-33-63-58)62(9,10)43-22-15-12-16-23-43;/h11-38,41H,1-10H3;/q-3;. The van der Waals surface area contributed by atoms with Crippen LogP contribution in [-0.4, -0.2) is 9.55 Å². The molecule has 0 fully saturated rings. The average molecular weight is 1070 g/mol. The number of anilines is 4. The molecule has 7 aromatic carbocycles. The van der Waals surface area contributed by atoms with Gasteiger partial charge in [-0.3, -0.25) is 0 Å². The Balaban J connectivity index is 0.00000578. The van der Waals surface area contributed by atoms with E-state index in [9.17, 15) is 0 Å². The Morgan fingerprint density at radius 1 is 0.471 bits per heavy atom. The Labute approximate surface area is 417 Å². The molecule has 6 heteroatoms. The zero-order valence-corrected chi connectivity index (χ0v) is 43.0. The zero-order valence-electron chi connectivity index (χ0n) is 40.8. The Morgan fingerprint density at radius 2 is 1.07 bits per heavy atom. The second-order valence-electron chi connectivity index (χ2n) is 21.2. The average Bonchev–Trinajstić information content (AvgIpc) is 3.87. The topological polar surface area (TPSA) is 33.5 Å². The first-order chi connectivity index (χ1) is 32.0. The smallest absolute Gasteiger partial charge is 0.135 e. The van der Waals surface area contributed by atoms with Crippen molar-refractivity contribution in [1.82, 2.24) is 9.55 Å². The minimum absolute atomic E-state index is 0. The fraction of sp³-hybridized carbons (Fsp3) is 0.226. The van der Waals surface area contributed by atoms with Crippen molar-refractivity contribution < 1.29 is 25.8 Å². The van der Waals surface area contributed by atoms with Crippen LogP contribution in [0.5, 0.6) is 11.5 Å². The van der Waals surface area contributed by atoms with E-state index in [4.69, 9.17) is 9.72 Å². The summed E-state index contributed by atoms with van der Waals surface area (Å²) in [6, 6.07) is 65.9. The number of ether oxygens (including phenoxy) is 1. The molecular weight excluding hydrogens is 1010 g/mol. The fourth-order valence-electron chi connectivity index (χ4n) is 9.46. The predicted octanol–water partition coefficient (Wildman–Crippen LogP) is 16.2. The van der Waals surface area contributed by atoms with Crippen molar-refractivity contribution >= 4 is 44.6 Å². The Kier molecular flexibility index (Phi) is 12.1. The number of nitrogens with zero attached hydrogens (tertiary/aromatic N) is 4. The number of aromatic nitrogens is 2. The maximum atomic E-state index is 6.73. The first-order valence-electron chi connectivity index (χ1n) is 23.4. The largest absolute Gasteiger partial charge is 0.509 e. The van der Waals surface area contributed by atoms with Crippen LogP contribution in [0.15, 0.2) is 170 Å². The molecule has 0 atom stereocenters. The number of fused-ring (bicyclic) bond motifs is 4. The Morgan fingerprint density at radius 3 is 1.72 bits per heavy atom. The van der Waals surface area contributed by atoms with Crippen molar-refractivity contribution in [2.75, 3.05) is 9.80 Å². The van der Waals surface area contributed by atoms with Crippen LogP contribution in [0, 0.1) is 18.8 Å². The molecule has 0 amide bonds. The number of hydrogen-bond acceptors (Lipinski definition) is 4. The van der Waals surface area contributed by atoms with E-state index >= 15 is 0 Å². The van der Waals surface area contributed by atoms with Gasteiger partial charge in [0.15, 0.2) is 0 Å². The van der Waals surface area contributed by atoms with Gasteiger partial charge in [0.2, 0.25) is 0 Å². The molecule has 10 rings (SSSR count). The van der Waals surface area contributed by atoms with Gasteiger partial charge in [0.1, 0.15) is 5.82 Å². The number of pyridine rings is 1. The van der Waals surface area contributed by atoms with Crippen LogP contribution in [0.3, 0.4) is 0 Å². The first kappa shape index (κ1) is 46.7. The van der Waals surface area contributed by atoms with Crippen molar-refractivity contribution in [3.05, 3.63) is 222 Å². The van der Waals surface area contributed by atoms with Crippen molar-refractivity contribution in [1.29, 1.82) is 0 Å². The molecule has 9 aromatic rings. The van der Waals surface area contributed by atoms with Gasteiger partial charge in [-0.25, -0.2) is 4.98 Å². The van der Waals surface area contributed by atoms with E-state index in [0.29, 0.717) is 11.5 Å². The van der Waals surface area contributed by atoms with Gasteiger partial charge in [-0.2, -0.15) is 12.1 Å². The molecule has 0 aliphatic carbocycles. The molecule has 1 aliphatic rings. The molecule has 0 bridgehead atoms. The summed E-state index contributed by atoms with van der Waals surface area (Å²) in [5.41, 5.74) is 13.2. The van der Waals surface area contributed by atoms with Crippen LogP contribution < -0.4 is 14.5 Å². The number of benzene rings is 7. The quantitative estimate of drug-likeness (QED) is 0.135. The minimum Gasteiger partial charge on any atom is -0.509 e. The molecule has 0 saturated carbocycles. The fourth-order valence-corrected chi connectivity index (χ4v) is 9.46. The van der Waals surface area contributed by atoms with Crippen LogP contribution in [-0.2, 0) is 42.7 Å². The van der Waals surface area contributed by atoms with Gasteiger partial charge in [0.05, 0.1) is 0 Å². The molecule has 0 spiro atoms. The number of para-hydroxylation sites is 1. The monoisotopic (exact) mass is 1070 g/mol. The van der Waals surface area contributed by atoms with E-state index in [1.807, 2.05) is 24.4 Å². The van der Waals surface area contributed by atoms with Crippen LogP contribution in [0.1, 0.15) is 103 Å². The Bertz CT molecular complexity index is 3250. The van der Waals surface area contributed by atoms with E-state index in [1.54, 1.807) is 0 Å². The van der Waals surface area contributed by atoms with Gasteiger partial charge >= 0.3 is 0 Å². The normalized spacial score (nSPS) is 13.2. The van der Waals surface area contributed by atoms with Crippen molar-refractivity contribution in [3.63, 3.8) is 0 Å². The Hall–Kier alpha value is -6.42. The van der Waals surface area contributed by atoms with E-state index in [2.05, 4.69) is 248 Å². The molecule has 0 radical (unpaired) electrons. The van der Waals surface area contributed by atoms with Gasteiger partial charge in [-0.1, -0.05) is 166 Å². The third-order valence-corrected chi connectivity index (χ3v) is 13.9. The zero-order chi connectivity index (χ0) is 46.9. The van der Waals surface area contributed by atoms with Gasteiger partial charge in [0, 0.05) is 72.2 Å². The number of rotatable bonds is 9. The van der Waals surface area contributed by atoms with E-state index in [-0.39, 0.29) is 42.7 Å². The molecule has 5 nitrogen and oxygen atoms in total.